The lowest BCUT2D eigenvalue weighted by Gasteiger charge is -2.24. The quantitative estimate of drug-likeness (QED) is 0.744. The topological polar surface area (TPSA) is 77.8 Å². The Hall–Kier alpha value is -2.82. The van der Waals surface area contributed by atoms with Gasteiger partial charge in [0.2, 0.25) is 0 Å². The average Bonchev–Trinajstić information content (AvgIpc) is 2.66. The molecule has 0 spiro atoms. The summed E-state index contributed by atoms with van der Waals surface area (Å²) in [6.07, 6.45) is 0. The molecule has 5 heteroatoms. The zero-order chi connectivity index (χ0) is 19.9. The van der Waals surface area contributed by atoms with Crippen LogP contribution in [0, 0.1) is 6.92 Å². The van der Waals surface area contributed by atoms with Gasteiger partial charge < -0.3 is 15.1 Å². The van der Waals surface area contributed by atoms with Crippen LogP contribution >= 0.6 is 0 Å². The van der Waals surface area contributed by atoms with E-state index in [4.69, 9.17) is 0 Å². The maximum atomic E-state index is 12.7. The van der Waals surface area contributed by atoms with E-state index in [1.807, 2.05) is 34.6 Å². The normalized spacial score (nSPS) is 9.88. The van der Waals surface area contributed by atoms with Crippen molar-refractivity contribution in [1.29, 1.82) is 0 Å². The first kappa shape index (κ1) is 21.2. The van der Waals surface area contributed by atoms with Gasteiger partial charge in [-0.2, -0.15) is 0 Å². The van der Waals surface area contributed by atoms with Gasteiger partial charge in [-0.15, -0.1) is 0 Å². The summed E-state index contributed by atoms with van der Waals surface area (Å²) in [5.74, 6) is -1.82. The van der Waals surface area contributed by atoms with Gasteiger partial charge in [-0.3, -0.25) is 4.79 Å². The van der Waals surface area contributed by atoms with E-state index in [2.05, 4.69) is 4.90 Å². The Morgan fingerprint density at radius 1 is 0.962 bits per heavy atom. The largest absolute Gasteiger partial charge is 0.507 e. The van der Waals surface area contributed by atoms with Crippen molar-refractivity contribution < 1.29 is 19.8 Å². The molecule has 0 aliphatic rings. The highest BCUT2D eigenvalue weighted by Crippen LogP contribution is 2.31. The van der Waals surface area contributed by atoms with Crippen molar-refractivity contribution in [2.75, 3.05) is 18.0 Å². The second kappa shape index (κ2) is 9.61. The molecule has 0 radical (unpaired) electrons. The maximum Gasteiger partial charge on any atom is 0.336 e. The molecule has 2 N–H and O–H groups in total. The molecule has 0 unspecified atom stereocenters. The molecule has 0 aromatic heterocycles. The molecule has 0 aliphatic carbocycles. The number of nitrogens with zero attached hydrogens (tertiary/aromatic N) is 1. The molecular formula is C21H27NO4. The van der Waals surface area contributed by atoms with E-state index in [1.165, 1.54) is 12.1 Å². The number of carboxylic acid groups (broad SMARTS) is 1. The number of phenolic OH excluding ortho intramolecular Hbond substituents is 1. The third kappa shape index (κ3) is 4.42. The lowest BCUT2D eigenvalue weighted by Crippen LogP contribution is -2.23. The molecule has 0 atom stereocenters. The number of aromatic carboxylic acids is 1. The van der Waals surface area contributed by atoms with Crippen LogP contribution in [0.3, 0.4) is 0 Å². The summed E-state index contributed by atoms with van der Waals surface area (Å²) in [5, 5.41) is 19.6. The molecule has 2 rings (SSSR count). The van der Waals surface area contributed by atoms with Crippen LogP contribution in [0.4, 0.5) is 5.69 Å². The summed E-state index contributed by atoms with van der Waals surface area (Å²) in [6, 6.07) is 9.19. The van der Waals surface area contributed by atoms with Crippen molar-refractivity contribution in [1.82, 2.24) is 0 Å². The SMILES string of the molecule is CC.CCN(CC)c1cc(O)c(C(=O)c2ccccc2C(=O)O)cc1C. The van der Waals surface area contributed by atoms with Gasteiger partial charge in [-0.1, -0.05) is 32.0 Å². The van der Waals surface area contributed by atoms with E-state index >= 15 is 0 Å². The Kier molecular flexibility index (Phi) is 7.84. The first-order chi connectivity index (χ1) is 12.4. The third-order valence-corrected chi connectivity index (χ3v) is 4.07. The van der Waals surface area contributed by atoms with Crippen molar-refractivity contribution in [2.24, 2.45) is 0 Å². The van der Waals surface area contributed by atoms with Gasteiger partial charge in [0.1, 0.15) is 5.75 Å². The van der Waals surface area contributed by atoms with Crippen LogP contribution in [0.1, 0.15) is 59.5 Å². The predicted molar refractivity (Wildman–Crippen MR) is 105 cm³/mol. The lowest BCUT2D eigenvalue weighted by atomic mass is 9.96. The fourth-order valence-corrected chi connectivity index (χ4v) is 2.79. The zero-order valence-corrected chi connectivity index (χ0v) is 16.0. The summed E-state index contributed by atoms with van der Waals surface area (Å²) in [6.45, 7) is 11.5. The van der Waals surface area contributed by atoms with E-state index in [0.717, 1.165) is 24.3 Å². The number of ketones is 1. The molecule has 0 fully saturated rings. The number of hydrogen-bond donors (Lipinski definition) is 2. The minimum atomic E-state index is -1.17. The summed E-state index contributed by atoms with van der Waals surface area (Å²) < 4.78 is 0. The van der Waals surface area contributed by atoms with Gasteiger partial charge in [0.25, 0.3) is 0 Å². The number of aryl methyl sites for hydroxylation is 1. The smallest absolute Gasteiger partial charge is 0.336 e. The molecule has 0 amide bonds. The molecule has 0 aliphatic heterocycles. The standard InChI is InChI=1S/C19H21NO4.C2H6/c1-4-20(5-2)16-11-17(21)15(10-12(16)3)18(22)13-8-6-7-9-14(13)19(23)24;1-2/h6-11,21H,4-5H2,1-3H3,(H,23,24);1-2H3. The summed E-state index contributed by atoms with van der Waals surface area (Å²) in [7, 11) is 0. The van der Waals surface area contributed by atoms with Crippen molar-refractivity contribution in [3.05, 3.63) is 58.7 Å². The van der Waals surface area contributed by atoms with Gasteiger partial charge in [0.15, 0.2) is 5.78 Å². The van der Waals surface area contributed by atoms with E-state index in [1.54, 1.807) is 24.3 Å². The molecule has 2 aromatic carbocycles. The van der Waals surface area contributed by atoms with Crippen LogP contribution in [0.2, 0.25) is 0 Å². The number of carboxylic acids is 1. The number of anilines is 1. The highest BCUT2D eigenvalue weighted by Gasteiger charge is 2.21. The second-order valence-electron chi connectivity index (χ2n) is 5.51. The van der Waals surface area contributed by atoms with Crippen LogP contribution in [-0.2, 0) is 0 Å². The zero-order valence-electron chi connectivity index (χ0n) is 16.0. The first-order valence-electron chi connectivity index (χ1n) is 8.86. The van der Waals surface area contributed by atoms with Crippen LogP contribution in [0.15, 0.2) is 36.4 Å². The molecule has 140 valence electrons. The van der Waals surface area contributed by atoms with Gasteiger partial charge >= 0.3 is 5.97 Å². The highest BCUT2D eigenvalue weighted by atomic mass is 16.4. The minimum absolute atomic E-state index is 0.0651. The average molecular weight is 357 g/mol. The Balaban J connectivity index is 0.00000163. The van der Waals surface area contributed by atoms with Crippen LogP contribution < -0.4 is 4.90 Å². The van der Waals surface area contributed by atoms with E-state index in [0.29, 0.717) is 0 Å². The summed E-state index contributed by atoms with van der Waals surface area (Å²) in [5.41, 5.74) is 1.81. The lowest BCUT2D eigenvalue weighted by molar-refractivity contribution is 0.0692. The number of carbonyl (C=O) groups is 2. The van der Waals surface area contributed by atoms with Crippen LogP contribution in [-0.4, -0.2) is 35.1 Å². The molecule has 0 heterocycles. The van der Waals surface area contributed by atoms with Crippen LogP contribution in [0.5, 0.6) is 5.75 Å². The maximum absolute atomic E-state index is 12.7. The molecule has 5 nitrogen and oxygen atoms in total. The number of hydrogen-bond acceptors (Lipinski definition) is 4. The molecule has 26 heavy (non-hydrogen) atoms. The van der Waals surface area contributed by atoms with E-state index < -0.39 is 11.8 Å². The fraction of sp³-hybridized carbons (Fsp3) is 0.333. The molecular weight excluding hydrogens is 330 g/mol. The van der Waals surface area contributed by atoms with E-state index in [-0.39, 0.29) is 22.4 Å². The van der Waals surface area contributed by atoms with Gasteiger partial charge in [-0.25, -0.2) is 4.79 Å². The minimum Gasteiger partial charge on any atom is -0.507 e. The third-order valence-electron chi connectivity index (χ3n) is 4.07. The Morgan fingerprint density at radius 2 is 1.50 bits per heavy atom. The predicted octanol–water partition coefficient (Wildman–Crippen LogP) is 4.50. The summed E-state index contributed by atoms with van der Waals surface area (Å²) in [4.78, 5) is 26.1. The van der Waals surface area contributed by atoms with Crippen molar-refractivity contribution in [3.8, 4) is 5.75 Å². The number of rotatable bonds is 6. The highest BCUT2D eigenvalue weighted by molar-refractivity contribution is 6.15. The van der Waals surface area contributed by atoms with Gasteiger partial charge in [0, 0.05) is 30.4 Å². The van der Waals surface area contributed by atoms with Gasteiger partial charge in [0.05, 0.1) is 11.1 Å². The molecule has 0 saturated carbocycles. The Morgan fingerprint density at radius 3 is 2.00 bits per heavy atom. The first-order valence-corrected chi connectivity index (χ1v) is 8.86. The molecule has 0 bridgehead atoms. The second-order valence-corrected chi connectivity index (χ2v) is 5.51. The number of aromatic hydroxyl groups is 1. The number of benzene rings is 2. The number of carbonyl (C=O) groups excluding carboxylic acids is 1. The Bertz CT molecular complexity index is 780. The van der Waals surface area contributed by atoms with Crippen LogP contribution in [0.25, 0.3) is 0 Å². The monoisotopic (exact) mass is 357 g/mol. The molecule has 0 saturated heterocycles. The van der Waals surface area contributed by atoms with Crippen molar-refractivity contribution >= 4 is 17.4 Å². The molecule has 2 aromatic rings. The van der Waals surface area contributed by atoms with Crippen molar-refractivity contribution in [2.45, 2.75) is 34.6 Å². The van der Waals surface area contributed by atoms with E-state index in [9.17, 15) is 19.8 Å². The summed E-state index contributed by atoms with van der Waals surface area (Å²) >= 11 is 0. The Labute approximate surface area is 154 Å². The van der Waals surface area contributed by atoms with Gasteiger partial charge in [-0.05, 0) is 38.5 Å². The number of phenols is 1. The fourth-order valence-electron chi connectivity index (χ4n) is 2.79. The van der Waals surface area contributed by atoms with Crippen molar-refractivity contribution in [3.63, 3.8) is 0 Å².